The molecule has 1 aromatic carbocycles. The normalized spacial score (nSPS) is 18.7. The average Bonchev–Trinajstić information content (AvgIpc) is 3.47. The Bertz CT molecular complexity index is 610. The Morgan fingerprint density at radius 1 is 1.12 bits per heavy atom. The molecule has 0 aliphatic heterocycles. The van der Waals surface area contributed by atoms with Gasteiger partial charge in [-0.05, 0) is 56.1 Å². The molecule has 140 valence electrons. The third kappa shape index (κ3) is 4.90. The molecular formula is C21H32FNO2. The molecule has 2 aliphatic rings. The smallest absolute Gasteiger partial charge is 0.254 e. The fourth-order valence-electron chi connectivity index (χ4n) is 3.67. The highest BCUT2D eigenvalue weighted by molar-refractivity contribution is 5.98. The third-order valence-electron chi connectivity index (χ3n) is 5.14. The van der Waals surface area contributed by atoms with Crippen LogP contribution in [0, 0.1) is 11.7 Å². The maximum absolute atomic E-state index is 14.6. The van der Waals surface area contributed by atoms with Gasteiger partial charge in [-0.25, -0.2) is 4.39 Å². The van der Waals surface area contributed by atoms with Gasteiger partial charge < -0.3 is 5.32 Å². The topological polar surface area (TPSA) is 46.2 Å². The summed E-state index contributed by atoms with van der Waals surface area (Å²) in [5.74, 6) is -0.484. The lowest BCUT2D eigenvalue weighted by Crippen LogP contribution is -2.45. The second-order valence-electron chi connectivity index (χ2n) is 6.94. The Balaban J connectivity index is 0.00000109. The van der Waals surface area contributed by atoms with Crippen LogP contribution in [0.25, 0.3) is 0 Å². The molecule has 2 fully saturated rings. The maximum atomic E-state index is 14.6. The first-order chi connectivity index (χ1) is 12.1. The molecule has 25 heavy (non-hydrogen) atoms. The van der Waals surface area contributed by atoms with Gasteiger partial charge in [0.05, 0.1) is 11.6 Å². The zero-order valence-corrected chi connectivity index (χ0v) is 15.6. The van der Waals surface area contributed by atoms with E-state index in [1.165, 1.54) is 19.4 Å². The van der Waals surface area contributed by atoms with Gasteiger partial charge in [-0.1, -0.05) is 45.2 Å². The molecule has 0 bridgehead atoms. The van der Waals surface area contributed by atoms with E-state index in [0.717, 1.165) is 38.5 Å². The van der Waals surface area contributed by atoms with E-state index in [1.54, 1.807) is 12.1 Å². The molecule has 3 nitrogen and oxygen atoms in total. The minimum atomic E-state index is -0.494. The number of hydrogen-bond donors (Lipinski definition) is 1. The van der Waals surface area contributed by atoms with Crippen LogP contribution >= 0.6 is 0 Å². The van der Waals surface area contributed by atoms with E-state index >= 15 is 0 Å². The number of carbonyl (C=O) groups is 2. The number of rotatable bonds is 5. The van der Waals surface area contributed by atoms with Crippen molar-refractivity contribution in [2.75, 3.05) is 0 Å². The molecule has 1 amide bonds. The molecule has 2 aliphatic carbocycles. The number of nitrogens with one attached hydrogen (secondary N) is 1. The van der Waals surface area contributed by atoms with Crippen molar-refractivity contribution in [2.45, 2.75) is 77.7 Å². The summed E-state index contributed by atoms with van der Waals surface area (Å²) in [6, 6.07) is 4.50. The van der Waals surface area contributed by atoms with Crippen LogP contribution in [0.2, 0.25) is 0 Å². The van der Waals surface area contributed by atoms with Crippen molar-refractivity contribution in [3.05, 3.63) is 35.1 Å². The first-order valence-corrected chi connectivity index (χ1v) is 9.67. The fourth-order valence-corrected chi connectivity index (χ4v) is 3.67. The molecule has 4 heteroatoms. The zero-order valence-electron chi connectivity index (χ0n) is 15.6. The van der Waals surface area contributed by atoms with Crippen molar-refractivity contribution >= 4 is 11.7 Å². The predicted octanol–water partition coefficient (Wildman–Crippen LogP) is 5.24. The van der Waals surface area contributed by atoms with Gasteiger partial charge in [-0.3, -0.25) is 9.59 Å². The van der Waals surface area contributed by atoms with Crippen LogP contribution in [0.5, 0.6) is 0 Å². The second kappa shape index (κ2) is 9.12. The fraction of sp³-hybridized carbons (Fsp3) is 0.619. The summed E-state index contributed by atoms with van der Waals surface area (Å²) in [5.41, 5.74) is 0.700. The van der Waals surface area contributed by atoms with Crippen molar-refractivity contribution in [1.29, 1.82) is 0 Å². The van der Waals surface area contributed by atoms with Crippen LogP contribution in [-0.4, -0.2) is 17.7 Å². The minimum absolute atomic E-state index is 0. The van der Waals surface area contributed by atoms with Gasteiger partial charge in [0.1, 0.15) is 5.82 Å². The number of ketones is 1. The van der Waals surface area contributed by atoms with Crippen molar-refractivity contribution in [3.63, 3.8) is 0 Å². The summed E-state index contributed by atoms with van der Waals surface area (Å²) in [7, 11) is 0. The summed E-state index contributed by atoms with van der Waals surface area (Å²) in [5, 5.41) is 2.80. The van der Waals surface area contributed by atoms with Crippen LogP contribution in [0.1, 0.15) is 89.0 Å². The number of halogens is 1. The van der Waals surface area contributed by atoms with Gasteiger partial charge in [0.2, 0.25) is 0 Å². The number of carbonyl (C=O) groups excluding carboxylic acids is 2. The van der Waals surface area contributed by atoms with Gasteiger partial charge in [-0.2, -0.15) is 0 Å². The lowest BCUT2D eigenvalue weighted by Gasteiger charge is -2.29. The predicted molar refractivity (Wildman–Crippen MR) is 100 cm³/mol. The van der Waals surface area contributed by atoms with E-state index in [9.17, 15) is 14.0 Å². The van der Waals surface area contributed by atoms with E-state index < -0.39 is 17.8 Å². The Morgan fingerprint density at radius 2 is 1.76 bits per heavy atom. The summed E-state index contributed by atoms with van der Waals surface area (Å²) in [6.45, 7) is 5.51. The SMILES string of the molecule is CC.CC(=O)[C@H](NC(=O)c1cccc(C2CC2)c1F)C1CCCCC1.[HH]. The van der Waals surface area contributed by atoms with Crippen molar-refractivity contribution < 1.29 is 15.4 Å². The summed E-state index contributed by atoms with van der Waals surface area (Å²) < 4.78 is 14.6. The highest BCUT2D eigenvalue weighted by atomic mass is 19.1. The minimum Gasteiger partial charge on any atom is -0.342 e. The lowest BCUT2D eigenvalue weighted by atomic mass is 9.82. The van der Waals surface area contributed by atoms with Crippen LogP contribution < -0.4 is 5.32 Å². The number of amides is 1. The lowest BCUT2D eigenvalue weighted by molar-refractivity contribution is -0.120. The molecule has 0 spiro atoms. The van der Waals surface area contributed by atoms with E-state index in [4.69, 9.17) is 0 Å². The first-order valence-electron chi connectivity index (χ1n) is 9.67. The second-order valence-corrected chi connectivity index (χ2v) is 6.94. The molecule has 3 rings (SSSR count). The summed E-state index contributed by atoms with van der Waals surface area (Å²) >= 11 is 0. The average molecular weight is 349 g/mol. The van der Waals surface area contributed by atoms with Crippen molar-refractivity contribution in [3.8, 4) is 0 Å². The molecule has 1 aromatic rings. The largest absolute Gasteiger partial charge is 0.342 e. The Hall–Kier alpha value is -1.71. The summed E-state index contributed by atoms with van der Waals surface area (Å²) in [4.78, 5) is 24.5. The highest BCUT2D eigenvalue weighted by Crippen LogP contribution is 2.41. The third-order valence-corrected chi connectivity index (χ3v) is 5.14. The van der Waals surface area contributed by atoms with E-state index in [-0.39, 0.29) is 24.6 Å². The van der Waals surface area contributed by atoms with Crippen LogP contribution in [0.15, 0.2) is 18.2 Å². The molecular weight excluding hydrogens is 317 g/mol. The molecule has 1 N–H and O–H groups in total. The van der Waals surface area contributed by atoms with Crippen LogP contribution in [0.3, 0.4) is 0 Å². The molecule has 0 aromatic heterocycles. The van der Waals surface area contributed by atoms with Crippen LogP contribution in [-0.2, 0) is 4.79 Å². The van der Waals surface area contributed by atoms with Crippen LogP contribution in [0.4, 0.5) is 4.39 Å². The Morgan fingerprint density at radius 3 is 2.32 bits per heavy atom. The van der Waals surface area contributed by atoms with E-state index in [1.807, 2.05) is 13.8 Å². The van der Waals surface area contributed by atoms with Crippen molar-refractivity contribution in [2.24, 2.45) is 5.92 Å². The quantitative estimate of drug-likeness (QED) is 0.790. The first kappa shape index (κ1) is 19.6. The molecule has 0 saturated heterocycles. The van der Waals surface area contributed by atoms with Gasteiger partial charge >= 0.3 is 0 Å². The van der Waals surface area contributed by atoms with E-state index in [0.29, 0.717) is 5.56 Å². The zero-order chi connectivity index (χ0) is 18.4. The van der Waals surface area contributed by atoms with Gasteiger partial charge in [0.15, 0.2) is 5.78 Å². The molecule has 0 heterocycles. The van der Waals surface area contributed by atoms with Gasteiger partial charge in [-0.15, -0.1) is 0 Å². The van der Waals surface area contributed by atoms with E-state index in [2.05, 4.69) is 5.32 Å². The highest BCUT2D eigenvalue weighted by Gasteiger charge is 2.31. The molecule has 2 saturated carbocycles. The molecule has 0 radical (unpaired) electrons. The summed E-state index contributed by atoms with van der Waals surface area (Å²) in [6.07, 6.45) is 7.25. The Kier molecular flexibility index (Phi) is 7.15. The van der Waals surface area contributed by atoms with Gasteiger partial charge in [0.25, 0.3) is 5.91 Å². The standard InChI is InChI=1S/C19H24FNO2.C2H6.H2/c1-12(22)18(14-6-3-2-4-7-14)21-19(23)16-9-5-8-15(17(16)20)13-10-11-13;1-2;/h5,8-9,13-14,18H,2-4,6-7,10-11H2,1H3,(H,21,23);1-2H3;1H/t18-;;/m0../s1. The Labute approximate surface area is 151 Å². The maximum Gasteiger partial charge on any atom is 0.254 e. The monoisotopic (exact) mass is 349 g/mol. The number of benzene rings is 1. The molecule has 0 unspecified atom stereocenters. The van der Waals surface area contributed by atoms with Gasteiger partial charge in [0, 0.05) is 1.43 Å². The van der Waals surface area contributed by atoms with Crippen molar-refractivity contribution in [1.82, 2.24) is 5.32 Å². The number of Topliss-reactive ketones (excluding diaryl/α,β-unsaturated/α-hetero) is 1. The molecule has 1 atom stereocenters. The number of hydrogen-bond acceptors (Lipinski definition) is 2.